The summed E-state index contributed by atoms with van der Waals surface area (Å²) in [4.78, 5) is 0.205. The van der Waals surface area contributed by atoms with Gasteiger partial charge in [-0.25, -0.2) is 8.42 Å². The van der Waals surface area contributed by atoms with Gasteiger partial charge in [-0.1, -0.05) is 53.6 Å². The maximum absolute atomic E-state index is 13.2. The van der Waals surface area contributed by atoms with Crippen molar-refractivity contribution in [1.82, 2.24) is 0 Å². The third-order valence-electron chi connectivity index (χ3n) is 6.29. The second-order valence-corrected chi connectivity index (χ2v) is 10.7. The smallest absolute Gasteiger partial charge is 0.262 e. The number of hydrogen-bond donors (Lipinski definition) is 2. The largest absolute Gasteiger partial charge is 0.495 e. The molecule has 5 rings (SSSR count). The van der Waals surface area contributed by atoms with Gasteiger partial charge in [0, 0.05) is 21.7 Å². The summed E-state index contributed by atoms with van der Waals surface area (Å²) < 4.78 is 34.3. The van der Waals surface area contributed by atoms with Gasteiger partial charge in [-0.15, -0.1) is 0 Å². The molecule has 2 aliphatic rings. The third-order valence-corrected chi connectivity index (χ3v) is 8.22. The predicted molar refractivity (Wildman–Crippen MR) is 133 cm³/mol. The number of nitrogens with one attached hydrogen (secondary N) is 2. The Kier molecular flexibility index (Phi) is 5.77. The van der Waals surface area contributed by atoms with Crippen molar-refractivity contribution in [2.75, 3.05) is 17.1 Å². The highest BCUT2D eigenvalue weighted by atomic mass is 35.5. The van der Waals surface area contributed by atoms with E-state index in [1.165, 1.54) is 7.11 Å². The zero-order chi connectivity index (χ0) is 23.2. The minimum absolute atomic E-state index is 0.00331. The van der Waals surface area contributed by atoms with Gasteiger partial charge >= 0.3 is 0 Å². The first-order chi connectivity index (χ1) is 15.9. The van der Waals surface area contributed by atoms with Crippen molar-refractivity contribution in [2.24, 2.45) is 5.92 Å². The highest BCUT2D eigenvalue weighted by Gasteiger charge is 2.39. The maximum atomic E-state index is 13.2. The molecule has 3 aromatic rings. The Morgan fingerprint density at radius 1 is 1.03 bits per heavy atom. The second-order valence-electron chi connectivity index (χ2n) is 8.20. The highest BCUT2D eigenvalue weighted by Crippen LogP contribution is 2.51. The Morgan fingerprint density at radius 2 is 1.85 bits per heavy atom. The Bertz CT molecular complexity index is 1360. The lowest BCUT2D eigenvalue weighted by Gasteiger charge is -2.38. The topological polar surface area (TPSA) is 67.4 Å². The van der Waals surface area contributed by atoms with Crippen molar-refractivity contribution in [1.29, 1.82) is 0 Å². The number of ether oxygens (including phenoxy) is 1. The van der Waals surface area contributed by atoms with E-state index in [4.69, 9.17) is 27.9 Å². The van der Waals surface area contributed by atoms with Gasteiger partial charge in [-0.3, -0.25) is 4.72 Å². The molecule has 0 bridgehead atoms. The summed E-state index contributed by atoms with van der Waals surface area (Å²) >= 11 is 12.6. The second kappa shape index (κ2) is 8.60. The molecule has 3 aromatic carbocycles. The van der Waals surface area contributed by atoms with Gasteiger partial charge in [0.25, 0.3) is 10.0 Å². The van der Waals surface area contributed by atoms with Crippen LogP contribution in [-0.4, -0.2) is 15.5 Å². The van der Waals surface area contributed by atoms with Crippen LogP contribution in [0, 0.1) is 5.92 Å². The summed E-state index contributed by atoms with van der Waals surface area (Å²) in [5.74, 6) is 0.762. The first-order valence-electron chi connectivity index (χ1n) is 10.6. The minimum atomic E-state index is -3.80. The molecule has 8 heteroatoms. The number of hydrogen-bond acceptors (Lipinski definition) is 4. The zero-order valence-corrected chi connectivity index (χ0v) is 20.1. The summed E-state index contributed by atoms with van der Waals surface area (Å²) in [5, 5.41) is 4.80. The molecule has 1 aliphatic carbocycles. The van der Waals surface area contributed by atoms with Crippen LogP contribution >= 0.6 is 23.2 Å². The molecule has 0 amide bonds. The van der Waals surface area contributed by atoms with E-state index < -0.39 is 10.0 Å². The van der Waals surface area contributed by atoms with Crippen LogP contribution in [0.5, 0.6) is 5.75 Å². The number of benzene rings is 3. The van der Waals surface area contributed by atoms with Crippen LogP contribution in [0.3, 0.4) is 0 Å². The van der Waals surface area contributed by atoms with E-state index in [1.807, 2.05) is 18.2 Å². The van der Waals surface area contributed by atoms with E-state index in [-0.39, 0.29) is 22.8 Å². The van der Waals surface area contributed by atoms with Gasteiger partial charge in [-0.2, -0.15) is 0 Å². The molecule has 0 aromatic heterocycles. The number of fused-ring (bicyclic) bond motifs is 3. The number of methoxy groups -OCH3 is 1. The molecule has 2 N–H and O–H groups in total. The lowest BCUT2D eigenvalue weighted by atomic mass is 9.77. The molecule has 0 saturated carbocycles. The molecule has 1 aliphatic heterocycles. The number of rotatable bonds is 5. The number of para-hydroxylation sites is 2. The van der Waals surface area contributed by atoms with Gasteiger partial charge in [0.15, 0.2) is 0 Å². The Morgan fingerprint density at radius 3 is 2.64 bits per heavy atom. The SMILES string of the molecule is COc1ccccc1NS(=O)(=O)c1ccc2c(c1)[C@H]1C=CC[C@H]1[C@@H](c1ccc(Cl)cc1Cl)N2. The number of allylic oxidation sites excluding steroid dienone is 2. The predicted octanol–water partition coefficient (Wildman–Crippen LogP) is 6.63. The molecular weight excluding hydrogens is 479 g/mol. The first kappa shape index (κ1) is 22.1. The summed E-state index contributed by atoms with van der Waals surface area (Å²) in [6.07, 6.45) is 5.18. The molecule has 0 fully saturated rings. The third kappa shape index (κ3) is 4.07. The normalized spacial score (nSPS) is 21.1. The molecule has 0 spiro atoms. The number of sulfonamides is 1. The fraction of sp³-hybridized carbons (Fsp3) is 0.200. The van der Waals surface area contributed by atoms with Crippen molar-refractivity contribution < 1.29 is 13.2 Å². The summed E-state index contributed by atoms with van der Waals surface area (Å²) in [7, 11) is -2.30. The van der Waals surface area contributed by atoms with E-state index in [0.717, 1.165) is 23.2 Å². The van der Waals surface area contributed by atoms with Gasteiger partial charge in [0.05, 0.1) is 23.7 Å². The minimum Gasteiger partial charge on any atom is -0.495 e. The molecule has 33 heavy (non-hydrogen) atoms. The van der Waals surface area contributed by atoms with E-state index >= 15 is 0 Å². The van der Waals surface area contributed by atoms with Crippen LogP contribution in [0.4, 0.5) is 11.4 Å². The van der Waals surface area contributed by atoms with Crippen LogP contribution in [0.1, 0.15) is 29.5 Å². The zero-order valence-electron chi connectivity index (χ0n) is 17.8. The average molecular weight is 501 g/mol. The van der Waals surface area contributed by atoms with Gasteiger partial charge < -0.3 is 10.1 Å². The Labute approximate surface area is 203 Å². The van der Waals surface area contributed by atoms with E-state index in [0.29, 0.717) is 21.5 Å². The lowest BCUT2D eigenvalue weighted by molar-refractivity contribution is 0.417. The molecule has 3 atom stereocenters. The van der Waals surface area contributed by atoms with Crippen LogP contribution in [0.15, 0.2) is 77.7 Å². The molecule has 0 saturated heterocycles. The van der Waals surface area contributed by atoms with Crippen molar-refractivity contribution in [3.63, 3.8) is 0 Å². The lowest BCUT2D eigenvalue weighted by Crippen LogP contribution is -2.29. The fourth-order valence-electron chi connectivity index (χ4n) is 4.73. The van der Waals surface area contributed by atoms with Crippen LogP contribution in [0.2, 0.25) is 10.0 Å². The van der Waals surface area contributed by atoms with E-state index in [2.05, 4.69) is 22.2 Å². The quantitative estimate of drug-likeness (QED) is 0.385. The molecular formula is C25H22Cl2N2O3S. The molecule has 170 valence electrons. The van der Waals surface area contributed by atoms with Gasteiger partial charge in [0.2, 0.25) is 0 Å². The number of anilines is 2. The Balaban J connectivity index is 1.50. The summed E-state index contributed by atoms with van der Waals surface area (Å²) in [6, 6.07) is 17.7. The number of halogens is 2. The standard InChI is InChI=1S/C25H22Cl2N2O3S/c1-32-24-8-3-2-7-23(24)29-33(30,31)16-10-12-22-20(14-16)17-5-4-6-18(17)25(28-22)19-11-9-15(26)13-21(19)27/h2-5,7-14,17-18,25,28-29H,6H2,1H3/t17-,18+,25-/m0/s1. The summed E-state index contributed by atoms with van der Waals surface area (Å²) in [6.45, 7) is 0. The van der Waals surface area contributed by atoms with Crippen LogP contribution in [0.25, 0.3) is 0 Å². The average Bonchev–Trinajstić information content (AvgIpc) is 3.29. The van der Waals surface area contributed by atoms with Crippen molar-refractivity contribution in [2.45, 2.75) is 23.3 Å². The highest BCUT2D eigenvalue weighted by molar-refractivity contribution is 7.92. The van der Waals surface area contributed by atoms with Crippen molar-refractivity contribution >= 4 is 44.6 Å². The molecule has 5 nitrogen and oxygen atoms in total. The molecule has 1 heterocycles. The molecule has 0 radical (unpaired) electrons. The van der Waals surface area contributed by atoms with Crippen molar-refractivity contribution in [3.8, 4) is 5.75 Å². The fourth-order valence-corrected chi connectivity index (χ4v) is 6.37. The monoisotopic (exact) mass is 500 g/mol. The first-order valence-corrected chi connectivity index (χ1v) is 12.8. The Hall–Kier alpha value is -2.67. The maximum Gasteiger partial charge on any atom is 0.262 e. The van der Waals surface area contributed by atoms with Crippen LogP contribution < -0.4 is 14.8 Å². The summed E-state index contributed by atoms with van der Waals surface area (Å²) in [5.41, 5.74) is 3.24. The molecule has 0 unspecified atom stereocenters. The van der Waals surface area contributed by atoms with Gasteiger partial charge in [-0.05, 0) is 65.9 Å². The van der Waals surface area contributed by atoms with E-state index in [9.17, 15) is 8.42 Å². The van der Waals surface area contributed by atoms with E-state index in [1.54, 1.807) is 42.5 Å². The van der Waals surface area contributed by atoms with Gasteiger partial charge in [0.1, 0.15) is 5.75 Å². The van der Waals surface area contributed by atoms with Crippen LogP contribution in [-0.2, 0) is 10.0 Å². The van der Waals surface area contributed by atoms with Crippen molar-refractivity contribution in [3.05, 3.63) is 94.0 Å².